The van der Waals surface area contributed by atoms with Gasteiger partial charge in [0.1, 0.15) is 6.04 Å². The van der Waals surface area contributed by atoms with E-state index < -0.39 is 0 Å². The maximum Gasteiger partial charge on any atom is 0.245 e. The van der Waals surface area contributed by atoms with E-state index in [1.54, 1.807) is 0 Å². The molecule has 2 heterocycles. The fourth-order valence-corrected chi connectivity index (χ4v) is 3.53. The zero-order valence-electron chi connectivity index (χ0n) is 14.4. The first-order valence-corrected chi connectivity index (χ1v) is 8.62. The summed E-state index contributed by atoms with van der Waals surface area (Å²) in [5, 5.41) is 0. The van der Waals surface area contributed by atoms with Gasteiger partial charge in [0.25, 0.3) is 0 Å². The van der Waals surface area contributed by atoms with Crippen LogP contribution in [0.1, 0.15) is 53.4 Å². The lowest BCUT2D eigenvalue weighted by Crippen LogP contribution is -2.57. The van der Waals surface area contributed by atoms with E-state index >= 15 is 0 Å². The third kappa shape index (κ3) is 4.22. The quantitative estimate of drug-likeness (QED) is 0.798. The number of likely N-dealkylation sites (tertiary alicyclic amines) is 1. The molecule has 2 aliphatic rings. The molecule has 0 unspecified atom stereocenters. The largest absolute Gasteiger partial charge is 0.372 e. The Morgan fingerprint density at radius 2 is 1.86 bits per heavy atom. The molecule has 126 valence electrons. The summed E-state index contributed by atoms with van der Waals surface area (Å²) in [5.41, 5.74) is 0. The van der Waals surface area contributed by atoms with Crippen LogP contribution in [0.2, 0.25) is 0 Å². The van der Waals surface area contributed by atoms with E-state index in [1.165, 1.54) is 0 Å². The maximum atomic E-state index is 13.0. The molecule has 2 aliphatic heterocycles. The molecule has 0 aliphatic carbocycles. The molecule has 0 bridgehead atoms. The first-order chi connectivity index (χ1) is 10.4. The van der Waals surface area contributed by atoms with Crippen molar-refractivity contribution >= 4 is 11.8 Å². The van der Waals surface area contributed by atoms with E-state index in [9.17, 15) is 9.59 Å². The van der Waals surface area contributed by atoms with Gasteiger partial charge in [-0.05, 0) is 39.0 Å². The minimum Gasteiger partial charge on any atom is -0.372 e. The van der Waals surface area contributed by atoms with Crippen LogP contribution in [0, 0.1) is 5.92 Å². The average Bonchev–Trinajstić information content (AvgIpc) is 2.43. The molecule has 0 aromatic rings. The van der Waals surface area contributed by atoms with Gasteiger partial charge in [0.05, 0.1) is 12.2 Å². The van der Waals surface area contributed by atoms with Crippen molar-refractivity contribution in [1.82, 2.24) is 9.80 Å². The highest BCUT2D eigenvalue weighted by Crippen LogP contribution is 2.22. The second-order valence-corrected chi connectivity index (χ2v) is 7.19. The Kier molecular flexibility index (Phi) is 5.84. The second-order valence-electron chi connectivity index (χ2n) is 7.19. The Morgan fingerprint density at radius 1 is 1.23 bits per heavy atom. The number of carbonyl (C=O) groups is 2. The van der Waals surface area contributed by atoms with E-state index in [0.29, 0.717) is 25.4 Å². The monoisotopic (exact) mass is 310 g/mol. The van der Waals surface area contributed by atoms with Crippen LogP contribution in [0.4, 0.5) is 0 Å². The van der Waals surface area contributed by atoms with Crippen LogP contribution in [-0.4, -0.2) is 59.5 Å². The Labute approximate surface area is 134 Å². The van der Waals surface area contributed by atoms with Crippen LogP contribution in [0.3, 0.4) is 0 Å². The average molecular weight is 310 g/mol. The van der Waals surface area contributed by atoms with Crippen molar-refractivity contribution in [3.63, 3.8) is 0 Å². The van der Waals surface area contributed by atoms with Crippen molar-refractivity contribution in [2.24, 2.45) is 5.92 Å². The Hall–Kier alpha value is -1.10. The molecule has 2 fully saturated rings. The zero-order chi connectivity index (χ0) is 16.3. The van der Waals surface area contributed by atoms with Crippen molar-refractivity contribution in [1.29, 1.82) is 0 Å². The molecule has 0 aromatic carbocycles. The van der Waals surface area contributed by atoms with Gasteiger partial charge in [0, 0.05) is 26.1 Å². The number of hydrogen-bond acceptors (Lipinski definition) is 3. The Morgan fingerprint density at radius 3 is 2.41 bits per heavy atom. The van der Waals surface area contributed by atoms with E-state index in [-0.39, 0.29) is 30.1 Å². The third-order valence-electron chi connectivity index (χ3n) is 4.45. The molecule has 5 heteroatoms. The fraction of sp³-hybridized carbons (Fsp3) is 0.882. The van der Waals surface area contributed by atoms with E-state index in [0.717, 1.165) is 25.8 Å². The normalized spacial score (nSPS) is 28.1. The van der Waals surface area contributed by atoms with Gasteiger partial charge in [-0.15, -0.1) is 0 Å². The van der Waals surface area contributed by atoms with Crippen LogP contribution >= 0.6 is 0 Å². The van der Waals surface area contributed by atoms with Gasteiger partial charge in [-0.1, -0.05) is 13.8 Å². The summed E-state index contributed by atoms with van der Waals surface area (Å²) >= 11 is 0. The zero-order valence-corrected chi connectivity index (χ0v) is 14.4. The van der Waals surface area contributed by atoms with E-state index in [2.05, 4.69) is 13.8 Å². The highest BCUT2D eigenvalue weighted by molar-refractivity contribution is 5.88. The van der Waals surface area contributed by atoms with Gasteiger partial charge in [-0.2, -0.15) is 0 Å². The molecule has 2 saturated heterocycles. The Bertz CT molecular complexity index is 401. The molecule has 0 aromatic heterocycles. The minimum atomic E-state index is -0.301. The number of morpholine rings is 1. The highest BCUT2D eigenvalue weighted by atomic mass is 16.5. The maximum absolute atomic E-state index is 13.0. The van der Waals surface area contributed by atoms with Crippen LogP contribution in [0.15, 0.2) is 0 Å². The standard InChI is InChI=1S/C17H30N2O3/c1-12(2)9-15(19-8-6-5-7-16(19)20)17(21)18-10-13(3)22-14(4)11-18/h12-15H,5-11H2,1-4H3/t13-,14+,15-/m1/s1. The first-order valence-electron chi connectivity index (χ1n) is 8.62. The molecule has 5 nitrogen and oxygen atoms in total. The van der Waals surface area contributed by atoms with Crippen LogP contribution in [0.25, 0.3) is 0 Å². The summed E-state index contributed by atoms with van der Waals surface area (Å²) in [6.45, 7) is 10.2. The highest BCUT2D eigenvalue weighted by Gasteiger charge is 2.36. The van der Waals surface area contributed by atoms with Crippen molar-refractivity contribution in [3.05, 3.63) is 0 Å². The molecule has 3 atom stereocenters. The molecular weight excluding hydrogens is 280 g/mol. The first kappa shape index (κ1) is 17.3. The molecule has 2 amide bonds. The van der Waals surface area contributed by atoms with Crippen molar-refractivity contribution in [2.75, 3.05) is 19.6 Å². The number of ether oxygens (including phenoxy) is 1. The number of nitrogens with zero attached hydrogens (tertiary/aromatic N) is 2. The smallest absolute Gasteiger partial charge is 0.245 e. The van der Waals surface area contributed by atoms with Crippen molar-refractivity contribution in [3.8, 4) is 0 Å². The number of carbonyl (C=O) groups excluding carboxylic acids is 2. The molecule has 0 spiro atoms. The summed E-state index contributed by atoms with van der Waals surface area (Å²) in [5.74, 6) is 0.630. The van der Waals surface area contributed by atoms with Crippen LogP contribution in [0.5, 0.6) is 0 Å². The summed E-state index contributed by atoms with van der Waals surface area (Å²) in [4.78, 5) is 29.0. The van der Waals surface area contributed by atoms with Crippen LogP contribution < -0.4 is 0 Å². The lowest BCUT2D eigenvalue weighted by Gasteiger charge is -2.41. The molecule has 22 heavy (non-hydrogen) atoms. The van der Waals surface area contributed by atoms with Crippen molar-refractivity contribution in [2.45, 2.75) is 71.6 Å². The van der Waals surface area contributed by atoms with Crippen LogP contribution in [-0.2, 0) is 14.3 Å². The second kappa shape index (κ2) is 7.44. The van der Waals surface area contributed by atoms with Crippen molar-refractivity contribution < 1.29 is 14.3 Å². The van der Waals surface area contributed by atoms with Gasteiger partial charge < -0.3 is 14.5 Å². The summed E-state index contributed by atoms with van der Waals surface area (Å²) in [6, 6.07) is -0.301. The summed E-state index contributed by atoms with van der Waals surface area (Å²) in [6.07, 6.45) is 3.39. The number of hydrogen-bond donors (Lipinski definition) is 0. The molecule has 2 rings (SSSR count). The topological polar surface area (TPSA) is 49.9 Å². The van der Waals surface area contributed by atoms with E-state index in [4.69, 9.17) is 4.74 Å². The molecule has 0 saturated carbocycles. The van der Waals surface area contributed by atoms with Gasteiger partial charge in [0.2, 0.25) is 11.8 Å². The predicted octanol–water partition coefficient (Wildman–Crippen LogP) is 2.05. The summed E-state index contributed by atoms with van der Waals surface area (Å²) < 4.78 is 5.72. The fourth-order valence-electron chi connectivity index (χ4n) is 3.53. The number of piperidine rings is 1. The lowest BCUT2D eigenvalue weighted by molar-refractivity contribution is -0.155. The lowest BCUT2D eigenvalue weighted by atomic mass is 9.97. The molecular formula is C17H30N2O3. The number of rotatable bonds is 4. The third-order valence-corrected chi connectivity index (χ3v) is 4.45. The minimum absolute atomic E-state index is 0.0597. The van der Waals surface area contributed by atoms with Gasteiger partial charge >= 0.3 is 0 Å². The summed E-state index contributed by atoms with van der Waals surface area (Å²) in [7, 11) is 0. The Balaban J connectivity index is 2.13. The molecule has 0 N–H and O–H groups in total. The number of amides is 2. The van der Waals surface area contributed by atoms with Gasteiger partial charge in [-0.25, -0.2) is 0 Å². The van der Waals surface area contributed by atoms with E-state index in [1.807, 2.05) is 23.6 Å². The van der Waals surface area contributed by atoms with Gasteiger partial charge in [0.15, 0.2) is 0 Å². The predicted molar refractivity (Wildman–Crippen MR) is 85.4 cm³/mol. The van der Waals surface area contributed by atoms with Gasteiger partial charge in [-0.3, -0.25) is 9.59 Å². The SMILES string of the molecule is CC(C)C[C@H](C(=O)N1C[C@@H](C)O[C@@H](C)C1)N1CCCCC1=O. The molecule has 0 radical (unpaired) electrons.